The Morgan fingerprint density at radius 1 is 1.07 bits per heavy atom. The van der Waals surface area contributed by atoms with Gasteiger partial charge in [-0.2, -0.15) is 0 Å². The van der Waals surface area contributed by atoms with Crippen LogP contribution in [0.25, 0.3) is 16.7 Å². The molecule has 13 heteroatoms. The zero-order valence-corrected chi connectivity index (χ0v) is 23.4. The van der Waals surface area contributed by atoms with E-state index in [-0.39, 0.29) is 34.1 Å². The summed E-state index contributed by atoms with van der Waals surface area (Å²) in [5.41, 5.74) is 0.858. The summed E-state index contributed by atoms with van der Waals surface area (Å²) in [4.78, 5) is 34.2. The zero-order valence-electron chi connectivity index (χ0n) is 22.7. The van der Waals surface area contributed by atoms with E-state index < -0.39 is 30.5 Å². The second-order valence-corrected chi connectivity index (χ2v) is 11.1. The van der Waals surface area contributed by atoms with Crippen molar-refractivity contribution in [3.63, 3.8) is 0 Å². The first-order valence-corrected chi connectivity index (χ1v) is 13.9. The van der Waals surface area contributed by atoms with Crippen LogP contribution in [-0.2, 0) is 6.54 Å². The number of alkyl halides is 4. The third-order valence-corrected chi connectivity index (χ3v) is 7.59. The number of para-hydroxylation sites is 2. The topological polar surface area (TPSA) is 93.8 Å². The number of carbonyl (C=O) groups is 1. The van der Waals surface area contributed by atoms with Crippen molar-refractivity contribution < 1.29 is 22.4 Å². The van der Waals surface area contributed by atoms with Gasteiger partial charge in [0.1, 0.15) is 11.5 Å². The molecule has 222 valence electrons. The van der Waals surface area contributed by atoms with Crippen molar-refractivity contribution in [2.24, 2.45) is 5.92 Å². The number of halogens is 5. The summed E-state index contributed by atoms with van der Waals surface area (Å²) >= 11 is 5.89. The van der Waals surface area contributed by atoms with E-state index in [1.807, 2.05) is 24.3 Å². The molecule has 0 atom stereocenters. The summed E-state index contributed by atoms with van der Waals surface area (Å²) in [5, 5.41) is 5.52. The molecule has 1 aliphatic rings. The Kier molecular flexibility index (Phi) is 8.53. The summed E-state index contributed by atoms with van der Waals surface area (Å²) in [5.74, 6) is -3.10. The van der Waals surface area contributed by atoms with Gasteiger partial charge in [0, 0.05) is 25.7 Å². The highest BCUT2D eigenvalue weighted by molar-refractivity contribution is 6.30. The molecule has 4 aromatic rings. The second-order valence-electron chi connectivity index (χ2n) is 10.6. The van der Waals surface area contributed by atoms with Crippen molar-refractivity contribution in [2.45, 2.75) is 57.5 Å². The highest BCUT2D eigenvalue weighted by Gasteiger charge is 2.27. The van der Waals surface area contributed by atoms with Crippen LogP contribution < -0.4 is 16.3 Å². The molecular weight excluding hydrogens is 576 g/mol. The van der Waals surface area contributed by atoms with Gasteiger partial charge in [-0.15, -0.1) is 0 Å². The molecule has 1 fully saturated rings. The molecule has 3 aromatic heterocycles. The van der Waals surface area contributed by atoms with E-state index in [1.54, 1.807) is 21.3 Å². The van der Waals surface area contributed by atoms with Crippen molar-refractivity contribution in [1.82, 2.24) is 24.4 Å². The largest absolute Gasteiger partial charge is 0.364 e. The highest BCUT2D eigenvalue weighted by atomic mass is 35.5. The second kappa shape index (κ2) is 12.1. The third kappa shape index (κ3) is 6.59. The maximum absolute atomic E-state index is 13.6. The van der Waals surface area contributed by atoms with E-state index in [4.69, 9.17) is 11.6 Å². The van der Waals surface area contributed by atoms with Crippen LogP contribution in [0, 0.1) is 5.92 Å². The lowest BCUT2D eigenvalue weighted by molar-refractivity contribution is 0.0367. The number of imidazole rings is 1. The summed E-state index contributed by atoms with van der Waals surface area (Å²) in [6, 6.07) is 11.6. The lowest BCUT2D eigenvalue weighted by atomic mass is 9.85. The van der Waals surface area contributed by atoms with Gasteiger partial charge in [-0.25, -0.2) is 27.3 Å². The number of amides is 1. The van der Waals surface area contributed by atoms with E-state index in [2.05, 4.69) is 20.6 Å². The average molecular weight is 605 g/mol. The lowest BCUT2D eigenvalue weighted by Gasteiger charge is -2.29. The summed E-state index contributed by atoms with van der Waals surface area (Å²) in [6.45, 7) is 0.716. The number of fused-ring (bicyclic) bond motifs is 1. The van der Waals surface area contributed by atoms with Gasteiger partial charge in [-0.3, -0.25) is 18.9 Å². The average Bonchev–Trinajstić information content (AvgIpc) is 3.23. The molecular formula is C29H29ClF4N6O2. The van der Waals surface area contributed by atoms with Crippen LogP contribution in [0.1, 0.15) is 55.1 Å². The molecule has 8 nitrogen and oxygen atoms in total. The van der Waals surface area contributed by atoms with Crippen LogP contribution in [-0.4, -0.2) is 43.5 Å². The van der Waals surface area contributed by atoms with Crippen molar-refractivity contribution >= 4 is 34.4 Å². The minimum Gasteiger partial charge on any atom is -0.364 e. The standard InChI is InChI=1S/C29H29ClF4N6O2/c1-29(33,34)16-37-24-11-10-20(14-35-24)40-23-5-3-2-4-22(23)39(28(40)42)15-17-6-8-19(9-7-17)38-27(41)21-12-18(30)13-36-25(21)26(31)32/h2-5,10-14,17,19,26H,6-9,15-16H2,1H3,(H,35,37)(H,38,41). The molecule has 0 spiro atoms. The molecule has 0 aliphatic heterocycles. The van der Waals surface area contributed by atoms with Crippen molar-refractivity contribution in [1.29, 1.82) is 0 Å². The summed E-state index contributed by atoms with van der Waals surface area (Å²) < 4.78 is 56.3. The predicted octanol–water partition coefficient (Wildman–Crippen LogP) is 6.23. The van der Waals surface area contributed by atoms with Gasteiger partial charge >= 0.3 is 5.69 Å². The van der Waals surface area contributed by atoms with Crippen molar-refractivity contribution in [3.05, 3.63) is 81.6 Å². The van der Waals surface area contributed by atoms with Crippen LogP contribution in [0.3, 0.4) is 0 Å². The van der Waals surface area contributed by atoms with Crippen LogP contribution in [0.5, 0.6) is 0 Å². The summed E-state index contributed by atoms with van der Waals surface area (Å²) in [7, 11) is 0. The zero-order chi connectivity index (χ0) is 30.0. The fourth-order valence-electron chi connectivity index (χ4n) is 5.32. The number of benzene rings is 1. The first kappa shape index (κ1) is 29.6. The Morgan fingerprint density at radius 3 is 2.43 bits per heavy atom. The number of nitrogens with one attached hydrogen (secondary N) is 2. The minimum atomic E-state index is -2.90. The van der Waals surface area contributed by atoms with Crippen molar-refractivity contribution in [2.75, 3.05) is 11.9 Å². The van der Waals surface area contributed by atoms with Gasteiger partial charge in [0.25, 0.3) is 18.3 Å². The van der Waals surface area contributed by atoms with Gasteiger partial charge in [0.15, 0.2) is 0 Å². The number of aromatic nitrogens is 4. The fraction of sp³-hybridized carbons (Fsp3) is 0.379. The Balaban J connectivity index is 1.28. The molecule has 0 bridgehead atoms. The van der Waals surface area contributed by atoms with Crippen LogP contribution in [0.4, 0.5) is 23.4 Å². The Morgan fingerprint density at radius 2 is 1.79 bits per heavy atom. The SMILES string of the molecule is CC(F)(F)CNc1ccc(-n2c(=O)n(CC3CCC(NC(=O)c4cc(Cl)cnc4C(F)F)CC3)c3ccccc32)cn1. The number of carbonyl (C=O) groups excluding carboxylic acids is 1. The van der Waals surface area contributed by atoms with E-state index >= 15 is 0 Å². The minimum absolute atomic E-state index is 0.0994. The number of hydrogen-bond donors (Lipinski definition) is 2. The normalized spacial score (nSPS) is 17.5. The van der Waals surface area contributed by atoms with E-state index in [9.17, 15) is 27.2 Å². The van der Waals surface area contributed by atoms with E-state index in [0.717, 1.165) is 31.5 Å². The molecule has 5 rings (SSSR count). The molecule has 0 saturated heterocycles. The van der Waals surface area contributed by atoms with E-state index in [0.29, 0.717) is 30.6 Å². The van der Waals surface area contributed by atoms with E-state index in [1.165, 1.54) is 12.3 Å². The van der Waals surface area contributed by atoms with Crippen LogP contribution >= 0.6 is 11.6 Å². The Labute approximate surface area is 243 Å². The summed E-state index contributed by atoms with van der Waals surface area (Å²) in [6.07, 6.45) is 2.33. The van der Waals surface area contributed by atoms with Gasteiger partial charge < -0.3 is 10.6 Å². The van der Waals surface area contributed by atoms with Gasteiger partial charge in [0.2, 0.25) is 0 Å². The molecule has 0 radical (unpaired) electrons. The fourth-order valence-corrected chi connectivity index (χ4v) is 5.48. The maximum Gasteiger partial charge on any atom is 0.333 e. The lowest BCUT2D eigenvalue weighted by Crippen LogP contribution is -2.39. The quantitative estimate of drug-likeness (QED) is 0.221. The van der Waals surface area contributed by atoms with Crippen LogP contribution in [0.15, 0.2) is 59.7 Å². The molecule has 0 unspecified atom stereocenters. The van der Waals surface area contributed by atoms with Gasteiger partial charge in [-0.1, -0.05) is 23.7 Å². The number of anilines is 1. The molecule has 1 aromatic carbocycles. The predicted molar refractivity (Wildman–Crippen MR) is 152 cm³/mol. The molecule has 1 saturated carbocycles. The highest BCUT2D eigenvalue weighted by Crippen LogP contribution is 2.29. The first-order valence-electron chi connectivity index (χ1n) is 13.5. The van der Waals surface area contributed by atoms with Gasteiger partial charge in [-0.05, 0) is 61.9 Å². The Bertz CT molecular complexity index is 1630. The monoisotopic (exact) mass is 604 g/mol. The molecule has 1 amide bonds. The number of rotatable bonds is 9. The first-order chi connectivity index (χ1) is 20.0. The number of pyridine rings is 2. The Hall–Kier alpha value is -3.93. The third-order valence-electron chi connectivity index (χ3n) is 7.38. The maximum atomic E-state index is 13.6. The van der Waals surface area contributed by atoms with Crippen LogP contribution in [0.2, 0.25) is 5.02 Å². The smallest absolute Gasteiger partial charge is 0.333 e. The van der Waals surface area contributed by atoms with Crippen molar-refractivity contribution in [3.8, 4) is 5.69 Å². The molecule has 3 heterocycles. The number of hydrogen-bond acceptors (Lipinski definition) is 5. The van der Waals surface area contributed by atoms with Gasteiger partial charge in [0.05, 0.1) is 40.0 Å². The number of nitrogens with zero attached hydrogens (tertiary/aromatic N) is 4. The molecule has 42 heavy (non-hydrogen) atoms. The molecule has 2 N–H and O–H groups in total. The molecule has 1 aliphatic carbocycles.